The van der Waals surface area contributed by atoms with Gasteiger partial charge in [0.1, 0.15) is 16.8 Å². The monoisotopic (exact) mass is 303 g/mol. The van der Waals surface area contributed by atoms with Crippen molar-refractivity contribution in [3.8, 4) is 0 Å². The molecular weight excluding hydrogens is 282 g/mol. The molecule has 2 aromatic heterocycles. The molecule has 112 valence electrons. The van der Waals surface area contributed by atoms with Gasteiger partial charge in [-0.15, -0.1) is 11.3 Å². The molecule has 0 aliphatic heterocycles. The molecule has 2 aromatic rings. The van der Waals surface area contributed by atoms with E-state index in [1.807, 2.05) is 18.4 Å². The summed E-state index contributed by atoms with van der Waals surface area (Å²) >= 11 is 1.86. The van der Waals surface area contributed by atoms with E-state index in [2.05, 4.69) is 5.32 Å². The summed E-state index contributed by atoms with van der Waals surface area (Å²) < 4.78 is 5.66. The second-order valence-electron chi connectivity index (χ2n) is 6.07. The number of methoxy groups -OCH3 is 1. The first-order valence-corrected chi connectivity index (χ1v) is 8.66. The Labute approximate surface area is 128 Å². The summed E-state index contributed by atoms with van der Waals surface area (Å²) in [7, 11) is 3.73. The molecule has 0 amide bonds. The van der Waals surface area contributed by atoms with Crippen molar-refractivity contribution in [1.82, 2.24) is 9.97 Å². The van der Waals surface area contributed by atoms with Gasteiger partial charge < -0.3 is 10.1 Å². The molecule has 2 aliphatic rings. The van der Waals surface area contributed by atoms with Gasteiger partial charge in [0.25, 0.3) is 0 Å². The van der Waals surface area contributed by atoms with E-state index < -0.39 is 0 Å². The van der Waals surface area contributed by atoms with Gasteiger partial charge in [-0.3, -0.25) is 0 Å². The number of aromatic nitrogens is 2. The number of anilines is 1. The molecule has 4 rings (SSSR count). The van der Waals surface area contributed by atoms with Crippen LogP contribution in [0, 0.1) is 5.92 Å². The van der Waals surface area contributed by atoms with Crippen molar-refractivity contribution in [2.24, 2.45) is 5.92 Å². The fourth-order valence-electron chi connectivity index (χ4n) is 3.39. The number of aryl methyl sites for hydroxylation is 2. The zero-order chi connectivity index (χ0) is 14.4. The van der Waals surface area contributed by atoms with Crippen LogP contribution in [0.5, 0.6) is 0 Å². The predicted octanol–water partition coefficient (Wildman–Crippen LogP) is 3.71. The molecule has 0 saturated heterocycles. The summed E-state index contributed by atoms with van der Waals surface area (Å²) in [6, 6.07) is 0. The van der Waals surface area contributed by atoms with Crippen LogP contribution in [-0.4, -0.2) is 24.1 Å². The minimum atomic E-state index is 0.0561. The van der Waals surface area contributed by atoms with Gasteiger partial charge in [-0.2, -0.15) is 0 Å². The number of nitrogens with one attached hydrogen (secondary N) is 1. The van der Waals surface area contributed by atoms with Crippen LogP contribution in [0.25, 0.3) is 10.2 Å². The lowest BCUT2D eigenvalue weighted by molar-refractivity contribution is 0.0776. The van der Waals surface area contributed by atoms with E-state index in [1.165, 1.54) is 54.4 Å². The number of hydrogen-bond acceptors (Lipinski definition) is 5. The summed E-state index contributed by atoms with van der Waals surface area (Å²) in [5.74, 6) is 2.44. The maximum Gasteiger partial charge on any atom is 0.161 e. The molecule has 1 fully saturated rings. The van der Waals surface area contributed by atoms with E-state index in [9.17, 15) is 0 Å². The molecule has 1 atom stereocenters. The first-order chi connectivity index (χ1) is 10.3. The number of nitrogens with zero attached hydrogens (tertiary/aromatic N) is 2. The van der Waals surface area contributed by atoms with E-state index in [-0.39, 0.29) is 6.10 Å². The molecule has 0 radical (unpaired) electrons. The third kappa shape index (κ3) is 2.23. The number of fused-ring (bicyclic) bond motifs is 3. The molecule has 0 aromatic carbocycles. The van der Waals surface area contributed by atoms with Crippen LogP contribution in [0.3, 0.4) is 0 Å². The van der Waals surface area contributed by atoms with Crippen molar-refractivity contribution < 1.29 is 4.74 Å². The van der Waals surface area contributed by atoms with Crippen molar-refractivity contribution in [3.05, 3.63) is 16.3 Å². The molecule has 5 heteroatoms. The summed E-state index contributed by atoms with van der Waals surface area (Å²) in [5.41, 5.74) is 1.48. The maximum atomic E-state index is 5.66. The van der Waals surface area contributed by atoms with E-state index in [4.69, 9.17) is 14.7 Å². The fourth-order valence-corrected chi connectivity index (χ4v) is 4.66. The lowest BCUT2D eigenvalue weighted by atomic mass is 9.97. The molecule has 1 N–H and O–H groups in total. The number of thiophene rings is 1. The van der Waals surface area contributed by atoms with Crippen molar-refractivity contribution in [2.45, 2.75) is 44.6 Å². The van der Waals surface area contributed by atoms with Crippen molar-refractivity contribution in [2.75, 3.05) is 19.5 Å². The Morgan fingerprint density at radius 1 is 1.24 bits per heavy atom. The van der Waals surface area contributed by atoms with Crippen LogP contribution in [0.1, 0.15) is 48.1 Å². The van der Waals surface area contributed by atoms with Gasteiger partial charge >= 0.3 is 0 Å². The van der Waals surface area contributed by atoms with Gasteiger partial charge in [0, 0.05) is 19.0 Å². The fraction of sp³-hybridized carbons (Fsp3) is 0.625. The van der Waals surface area contributed by atoms with Gasteiger partial charge in [-0.1, -0.05) is 0 Å². The summed E-state index contributed by atoms with van der Waals surface area (Å²) in [5, 5.41) is 4.54. The van der Waals surface area contributed by atoms with Crippen LogP contribution in [0.2, 0.25) is 0 Å². The average Bonchev–Trinajstić information content (AvgIpc) is 3.27. The van der Waals surface area contributed by atoms with Gasteiger partial charge in [-0.25, -0.2) is 9.97 Å². The Balaban J connectivity index is 1.87. The topological polar surface area (TPSA) is 47.0 Å². The molecular formula is C16H21N3OS. The van der Waals surface area contributed by atoms with Crippen molar-refractivity contribution in [1.29, 1.82) is 0 Å². The van der Waals surface area contributed by atoms with Crippen LogP contribution < -0.4 is 5.32 Å². The van der Waals surface area contributed by atoms with Crippen molar-refractivity contribution >= 4 is 27.4 Å². The lowest BCUT2D eigenvalue weighted by Gasteiger charge is -2.15. The minimum absolute atomic E-state index is 0.0561. The third-order valence-electron chi connectivity index (χ3n) is 4.63. The molecule has 2 aliphatic carbocycles. The van der Waals surface area contributed by atoms with E-state index in [1.54, 1.807) is 7.11 Å². The maximum absolute atomic E-state index is 5.66. The summed E-state index contributed by atoms with van der Waals surface area (Å²) in [4.78, 5) is 12.3. The van der Waals surface area contributed by atoms with Crippen LogP contribution in [-0.2, 0) is 17.6 Å². The first kappa shape index (κ1) is 13.5. The zero-order valence-electron chi connectivity index (χ0n) is 12.6. The normalized spacial score (nSPS) is 19.5. The minimum Gasteiger partial charge on any atom is -0.373 e. The van der Waals surface area contributed by atoms with E-state index >= 15 is 0 Å². The SMILES string of the molecule is CNc1nc(C(OC)C2CC2)nc2sc3c(c12)CCCC3. The van der Waals surface area contributed by atoms with Gasteiger partial charge in [0.2, 0.25) is 0 Å². The molecule has 4 nitrogen and oxygen atoms in total. The van der Waals surface area contributed by atoms with Gasteiger partial charge in [-0.05, 0) is 50.0 Å². The quantitative estimate of drug-likeness (QED) is 0.935. The number of ether oxygens (including phenoxy) is 1. The Morgan fingerprint density at radius 2 is 2.05 bits per heavy atom. The lowest BCUT2D eigenvalue weighted by Crippen LogP contribution is -2.10. The molecule has 0 bridgehead atoms. The van der Waals surface area contributed by atoms with Crippen LogP contribution in [0.4, 0.5) is 5.82 Å². The highest BCUT2D eigenvalue weighted by Crippen LogP contribution is 2.44. The smallest absolute Gasteiger partial charge is 0.161 e. The molecule has 1 saturated carbocycles. The average molecular weight is 303 g/mol. The Kier molecular flexibility index (Phi) is 3.34. The standard InChI is InChI=1S/C16H21N3OS/c1-17-14-12-10-5-3-4-6-11(10)21-16(12)19-15(18-14)13(20-2)9-7-8-9/h9,13H,3-8H2,1-2H3,(H,17,18,19). The van der Waals surface area contributed by atoms with Crippen LogP contribution in [0.15, 0.2) is 0 Å². The van der Waals surface area contributed by atoms with Crippen molar-refractivity contribution in [3.63, 3.8) is 0 Å². The highest BCUT2D eigenvalue weighted by Gasteiger charge is 2.35. The Hall–Kier alpha value is -1.20. The Morgan fingerprint density at radius 3 is 2.76 bits per heavy atom. The van der Waals surface area contributed by atoms with E-state index in [0.717, 1.165) is 16.5 Å². The molecule has 2 heterocycles. The van der Waals surface area contributed by atoms with Gasteiger partial charge in [0.05, 0.1) is 5.39 Å². The van der Waals surface area contributed by atoms with Gasteiger partial charge in [0.15, 0.2) is 5.82 Å². The zero-order valence-corrected chi connectivity index (χ0v) is 13.4. The molecule has 0 spiro atoms. The summed E-state index contributed by atoms with van der Waals surface area (Å²) in [6.07, 6.45) is 7.48. The predicted molar refractivity (Wildman–Crippen MR) is 86.1 cm³/mol. The van der Waals surface area contributed by atoms with E-state index in [0.29, 0.717) is 5.92 Å². The Bertz CT molecular complexity index is 678. The molecule has 1 unspecified atom stereocenters. The number of hydrogen-bond donors (Lipinski definition) is 1. The third-order valence-corrected chi connectivity index (χ3v) is 5.81. The molecule has 21 heavy (non-hydrogen) atoms. The number of rotatable bonds is 4. The second kappa shape index (κ2) is 5.21. The highest BCUT2D eigenvalue weighted by molar-refractivity contribution is 7.19. The first-order valence-electron chi connectivity index (χ1n) is 7.84. The summed E-state index contributed by atoms with van der Waals surface area (Å²) in [6.45, 7) is 0. The second-order valence-corrected chi connectivity index (χ2v) is 7.15. The van der Waals surface area contributed by atoms with Crippen LogP contribution >= 0.6 is 11.3 Å². The largest absolute Gasteiger partial charge is 0.373 e. The highest BCUT2D eigenvalue weighted by atomic mass is 32.1.